The highest BCUT2D eigenvalue weighted by Crippen LogP contribution is 2.28. The van der Waals surface area contributed by atoms with Gasteiger partial charge in [0.05, 0.1) is 12.0 Å². The molecule has 0 saturated heterocycles. The lowest BCUT2D eigenvalue weighted by molar-refractivity contribution is -0.118. The van der Waals surface area contributed by atoms with Crippen LogP contribution in [0.5, 0.6) is 0 Å². The first kappa shape index (κ1) is 10.8. The minimum absolute atomic E-state index is 0.0981. The number of amides is 1. The van der Waals surface area contributed by atoms with E-state index < -0.39 is 0 Å². The molecule has 0 aliphatic heterocycles. The summed E-state index contributed by atoms with van der Waals surface area (Å²) >= 11 is 0. The number of nitrogens with two attached hydrogens (primary N) is 1. The van der Waals surface area contributed by atoms with Crippen molar-refractivity contribution in [2.75, 3.05) is 0 Å². The summed E-state index contributed by atoms with van der Waals surface area (Å²) in [5.41, 5.74) is 7.09. The van der Waals surface area contributed by atoms with Gasteiger partial charge in [0.15, 0.2) is 0 Å². The number of aryl methyl sites for hydroxylation is 1. The van der Waals surface area contributed by atoms with Crippen molar-refractivity contribution in [3.63, 3.8) is 0 Å². The summed E-state index contributed by atoms with van der Waals surface area (Å²) in [4.78, 5) is 18.0. The number of hydrogen-bond donors (Lipinski definition) is 2. The minimum atomic E-state index is -0.258. The number of hydrogen-bond acceptors (Lipinski definition) is 2. The first-order valence-corrected chi connectivity index (χ1v) is 4.72. The number of rotatable bonds is 4. The second-order valence-corrected chi connectivity index (χ2v) is 4.23. The molecule has 78 valence electrons. The average molecular weight is 195 g/mol. The average Bonchev–Trinajstić information content (AvgIpc) is 2.48. The van der Waals surface area contributed by atoms with Gasteiger partial charge in [-0.25, -0.2) is 4.98 Å². The van der Waals surface area contributed by atoms with Crippen molar-refractivity contribution in [3.05, 3.63) is 17.7 Å². The Balaban J connectivity index is 2.75. The van der Waals surface area contributed by atoms with Crippen LogP contribution in [0.4, 0.5) is 0 Å². The van der Waals surface area contributed by atoms with Gasteiger partial charge in [0.2, 0.25) is 5.91 Å². The molecule has 0 unspecified atom stereocenters. The fraction of sp³-hybridized carbons (Fsp3) is 0.600. The molecule has 0 saturated carbocycles. The standard InChI is InChI=1S/C10H17N3O/c1-7-9(13-6-12-7)10(2,3)5-4-8(11)14/h6H,4-5H2,1-3H3,(H2,11,14)(H,12,13). The predicted molar refractivity (Wildman–Crippen MR) is 54.8 cm³/mol. The Hall–Kier alpha value is -1.32. The normalized spacial score (nSPS) is 11.6. The summed E-state index contributed by atoms with van der Waals surface area (Å²) in [7, 11) is 0. The zero-order valence-corrected chi connectivity index (χ0v) is 8.92. The number of primary amides is 1. The number of aromatic amines is 1. The van der Waals surface area contributed by atoms with Crippen LogP contribution in [0.25, 0.3) is 0 Å². The summed E-state index contributed by atoms with van der Waals surface area (Å²) in [6.07, 6.45) is 2.81. The highest BCUT2D eigenvalue weighted by atomic mass is 16.1. The van der Waals surface area contributed by atoms with Gasteiger partial charge in [-0.2, -0.15) is 0 Å². The van der Waals surface area contributed by atoms with Gasteiger partial charge in [-0.15, -0.1) is 0 Å². The van der Waals surface area contributed by atoms with Gasteiger partial charge < -0.3 is 10.7 Å². The van der Waals surface area contributed by atoms with Crippen molar-refractivity contribution in [1.29, 1.82) is 0 Å². The fourth-order valence-electron chi connectivity index (χ4n) is 1.60. The first-order valence-electron chi connectivity index (χ1n) is 4.72. The molecule has 0 fully saturated rings. The lowest BCUT2D eigenvalue weighted by atomic mass is 9.83. The molecule has 0 atom stereocenters. The summed E-state index contributed by atoms with van der Waals surface area (Å²) in [5.74, 6) is -0.258. The molecule has 1 rings (SSSR count). The molecule has 14 heavy (non-hydrogen) atoms. The van der Waals surface area contributed by atoms with Crippen LogP contribution in [0.3, 0.4) is 0 Å². The molecular formula is C10H17N3O. The first-order chi connectivity index (χ1) is 6.43. The quantitative estimate of drug-likeness (QED) is 0.759. The molecule has 0 radical (unpaired) electrons. The van der Waals surface area contributed by atoms with E-state index in [2.05, 4.69) is 23.8 Å². The smallest absolute Gasteiger partial charge is 0.217 e. The van der Waals surface area contributed by atoms with Gasteiger partial charge >= 0.3 is 0 Å². The van der Waals surface area contributed by atoms with Crippen molar-refractivity contribution in [3.8, 4) is 0 Å². The van der Waals surface area contributed by atoms with Crippen molar-refractivity contribution in [2.24, 2.45) is 5.73 Å². The zero-order chi connectivity index (χ0) is 10.8. The van der Waals surface area contributed by atoms with E-state index in [1.807, 2.05) is 6.92 Å². The Labute approximate surface area is 83.9 Å². The maximum absolute atomic E-state index is 10.7. The third-order valence-corrected chi connectivity index (χ3v) is 2.47. The van der Waals surface area contributed by atoms with Crippen LogP contribution in [-0.2, 0) is 10.2 Å². The van der Waals surface area contributed by atoms with E-state index in [0.717, 1.165) is 17.8 Å². The van der Waals surface area contributed by atoms with Crippen LogP contribution < -0.4 is 5.73 Å². The molecule has 3 N–H and O–H groups in total. The number of imidazole rings is 1. The van der Waals surface area contributed by atoms with E-state index in [1.54, 1.807) is 6.33 Å². The summed E-state index contributed by atoms with van der Waals surface area (Å²) in [5, 5.41) is 0. The number of H-pyrrole nitrogens is 1. The second-order valence-electron chi connectivity index (χ2n) is 4.23. The predicted octanol–water partition coefficient (Wildman–Crippen LogP) is 1.26. The lowest BCUT2D eigenvalue weighted by Gasteiger charge is -2.22. The lowest BCUT2D eigenvalue weighted by Crippen LogP contribution is -2.22. The summed E-state index contributed by atoms with van der Waals surface area (Å²) in [6, 6.07) is 0. The molecule has 4 heteroatoms. The van der Waals surface area contributed by atoms with E-state index >= 15 is 0 Å². The maximum atomic E-state index is 10.7. The second kappa shape index (κ2) is 3.82. The molecule has 4 nitrogen and oxygen atoms in total. The molecule has 0 aliphatic carbocycles. The Bertz CT molecular complexity index is 328. The highest BCUT2D eigenvalue weighted by molar-refractivity contribution is 5.73. The zero-order valence-electron chi connectivity index (χ0n) is 8.92. The topological polar surface area (TPSA) is 71.8 Å². The highest BCUT2D eigenvalue weighted by Gasteiger charge is 2.25. The molecular weight excluding hydrogens is 178 g/mol. The summed E-state index contributed by atoms with van der Waals surface area (Å²) in [6.45, 7) is 6.12. The third kappa shape index (κ3) is 2.34. The Kier molecular flexibility index (Phi) is 2.93. The Morgan fingerprint density at radius 2 is 2.29 bits per heavy atom. The third-order valence-electron chi connectivity index (χ3n) is 2.47. The molecule has 0 bridgehead atoms. The van der Waals surface area contributed by atoms with Gasteiger partial charge in [0.1, 0.15) is 0 Å². The van der Waals surface area contributed by atoms with E-state index in [-0.39, 0.29) is 11.3 Å². The van der Waals surface area contributed by atoms with Gasteiger partial charge in [-0.1, -0.05) is 13.8 Å². The van der Waals surface area contributed by atoms with Gasteiger partial charge in [-0.05, 0) is 13.3 Å². The maximum Gasteiger partial charge on any atom is 0.217 e. The number of aromatic nitrogens is 2. The Morgan fingerprint density at radius 1 is 1.64 bits per heavy atom. The van der Waals surface area contributed by atoms with Crippen LogP contribution in [0.15, 0.2) is 6.33 Å². The largest absolute Gasteiger partial charge is 0.370 e. The van der Waals surface area contributed by atoms with Crippen molar-refractivity contribution in [1.82, 2.24) is 9.97 Å². The van der Waals surface area contributed by atoms with Crippen LogP contribution >= 0.6 is 0 Å². The van der Waals surface area contributed by atoms with E-state index in [0.29, 0.717) is 6.42 Å². The van der Waals surface area contributed by atoms with E-state index in [4.69, 9.17) is 5.73 Å². The van der Waals surface area contributed by atoms with Gasteiger partial charge in [0, 0.05) is 17.5 Å². The van der Waals surface area contributed by atoms with Crippen LogP contribution in [0.2, 0.25) is 0 Å². The fourth-order valence-corrected chi connectivity index (χ4v) is 1.60. The molecule has 1 amide bonds. The molecule has 1 aromatic heterocycles. The Morgan fingerprint density at radius 3 is 2.71 bits per heavy atom. The molecule has 1 aromatic rings. The van der Waals surface area contributed by atoms with Gasteiger partial charge in [0.25, 0.3) is 0 Å². The SMILES string of the molecule is Cc1[nH]cnc1C(C)(C)CCC(N)=O. The van der Waals surface area contributed by atoms with Crippen molar-refractivity contribution in [2.45, 2.75) is 39.0 Å². The number of carbonyl (C=O) groups excluding carboxylic acids is 1. The summed E-state index contributed by atoms with van der Waals surface area (Å²) < 4.78 is 0. The molecule has 1 heterocycles. The minimum Gasteiger partial charge on any atom is -0.370 e. The van der Waals surface area contributed by atoms with Crippen LogP contribution in [0.1, 0.15) is 38.1 Å². The van der Waals surface area contributed by atoms with Crippen molar-refractivity contribution >= 4 is 5.91 Å². The van der Waals surface area contributed by atoms with E-state index in [9.17, 15) is 4.79 Å². The molecule has 0 spiro atoms. The van der Waals surface area contributed by atoms with Crippen LogP contribution in [-0.4, -0.2) is 15.9 Å². The van der Waals surface area contributed by atoms with Crippen LogP contribution in [0, 0.1) is 6.92 Å². The number of nitrogens with one attached hydrogen (secondary N) is 1. The van der Waals surface area contributed by atoms with E-state index in [1.165, 1.54) is 0 Å². The molecule has 0 aromatic carbocycles. The van der Waals surface area contributed by atoms with Crippen molar-refractivity contribution < 1.29 is 4.79 Å². The number of nitrogens with zero attached hydrogens (tertiary/aromatic N) is 1. The monoisotopic (exact) mass is 195 g/mol. The van der Waals surface area contributed by atoms with Gasteiger partial charge in [-0.3, -0.25) is 4.79 Å². The molecule has 0 aliphatic rings. The number of carbonyl (C=O) groups is 1.